The van der Waals surface area contributed by atoms with Crippen molar-refractivity contribution in [2.24, 2.45) is 0 Å². The number of halogens is 1. The first kappa shape index (κ1) is 11.9. The molecule has 0 amide bonds. The van der Waals surface area contributed by atoms with Crippen LogP contribution in [-0.4, -0.2) is 5.78 Å². The summed E-state index contributed by atoms with van der Waals surface area (Å²) in [6.07, 6.45) is 0. The van der Waals surface area contributed by atoms with E-state index in [1.807, 2.05) is 31.2 Å². The third-order valence-electron chi connectivity index (χ3n) is 2.62. The molecule has 0 aromatic heterocycles. The monoisotopic (exact) mass is 289 g/mol. The highest BCUT2D eigenvalue weighted by Gasteiger charge is 2.14. The minimum Gasteiger partial charge on any atom is -0.399 e. The van der Waals surface area contributed by atoms with Crippen molar-refractivity contribution in [1.82, 2.24) is 0 Å². The fourth-order valence-corrected chi connectivity index (χ4v) is 2.12. The van der Waals surface area contributed by atoms with Gasteiger partial charge >= 0.3 is 0 Å². The van der Waals surface area contributed by atoms with E-state index in [0.717, 1.165) is 10.0 Å². The van der Waals surface area contributed by atoms with Gasteiger partial charge in [0.1, 0.15) is 0 Å². The molecule has 86 valence electrons. The standard InChI is InChI=1S/C14H12BrNO/c1-9-4-2-3-5-11(9)14(17)12-8-10(16)6-7-13(12)15/h2-8H,16H2,1H3. The van der Waals surface area contributed by atoms with Gasteiger partial charge in [-0.3, -0.25) is 4.79 Å². The quantitative estimate of drug-likeness (QED) is 0.678. The summed E-state index contributed by atoms with van der Waals surface area (Å²) in [7, 11) is 0. The van der Waals surface area contributed by atoms with Gasteiger partial charge in [0.05, 0.1) is 0 Å². The number of benzene rings is 2. The van der Waals surface area contributed by atoms with E-state index in [-0.39, 0.29) is 5.78 Å². The van der Waals surface area contributed by atoms with E-state index >= 15 is 0 Å². The van der Waals surface area contributed by atoms with Crippen molar-refractivity contribution in [2.45, 2.75) is 6.92 Å². The van der Waals surface area contributed by atoms with Crippen LogP contribution < -0.4 is 5.73 Å². The van der Waals surface area contributed by atoms with E-state index in [9.17, 15) is 4.79 Å². The third-order valence-corrected chi connectivity index (χ3v) is 3.32. The van der Waals surface area contributed by atoms with Gasteiger partial charge in [-0.05, 0) is 30.7 Å². The highest BCUT2D eigenvalue weighted by molar-refractivity contribution is 9.10. The van der Waals surface area contributed by atoms with Crippen LogP contribution in [0.15, 0.2) is 46.9 Å². The fraction of sp³-hybridized carbons (Fsp3) is 0.0714. The molecule has 0 bridgehead atoms. The molecule has 0 aliphatic heterocycles. The molecule has 2 rings (SSSR count). The van der Waals surface area contributed by atoms with Crippen molar-refractivity contribution in [2.75, 3.05) is 5.73 Å². The average molecular weight is 290 g/mol. The van der Waals surface area contributed by atoms with E-state index in [1.54, 1.807) is 18.2 Å². The van der Waals surface area contributed by atoms with Crippen LogP contribution in [0.2, 0.25) is 0 Å². The molecule has 0 atom stereocenters. The topological polar surface area (TPSA) is 43.1 Å². The van der Waals surface area contributed by atoms with Crippen LogP contribution in [0.4, 0.5) is 5.69 Å². The number of hydrogen-bond donors (Lipinski definition) is 1. The number of anilines is 1. The third kappa shape index (κ3) is 2.39. The van der Waals surface area contributed by atoms with Gasteiger partial charge in [0.15, 0.2) is 5.78 Å². The Kier molecular flexibility index (Phi) is 3.29. The Morgan fingerprint density at radius 3 is 2.53 bits per heavy atom. The predicted octanol–water partition coefficient (Wildman–Crippen LogP) is 3.57. The second-order valence-electron chi connectivity index (χ2n) is 3.88. The minimum absolute atomic E-state index is 0.0118. The number of nitrogen functional groups attached to an aromatic ring is 1. The summed E-state index contributed by atoms with van der Waals surface area (Å²) in [4.78, 5) is 12.4. The molecule has 3 heteroatoms. The summed E-state index contributed by atoms with van der Waals surface area (Å²) in [5, 5.41) is 0. The SMILES string of the molecule is Cc1ccccc1C(=O)c1cc(N)ccc1Br. The molecule has 0 spiro atoms. The lowest BCUT2D eigenvalue weighted by molar-refractivity contribution is 0.103. The first-order valence-corrected chi connectivity index (χ1v) is 6.04. The van der Waals surface area contributed by atoms with Gasteiger partial charge in [-0.15, -0.1) is 0 Å². The molecule has 0 unspecified atom stereocenters. The maximum Gasteiger partial charge on any atom is 0.194 e. The maximum atomic E-state index is 12.4. The number of rotatable bonds is 2. The average Bonchev–Trinajstić information content (AvgIpc) is 2.32. The summed E-state index contributed by atoms with van der Waals surface area (Å²) in [5.74, 6) is -0.0118. The molecule has 17 heavy (non-hydrogen) atoms. The molecule has 0 aliphatic rings. The molecule has 2 nitrogen and oxygen atoms in total. The Morgan fingerprint density at radius 1 is 1.12 bits per heavy atom. The van der Waals surface area contributed by atoms with Gasteiger partial charge < -0.3 is 5.73 Å². The molecule has 0 fully saturated rings. The number of hydrogen-bond acceptors (Lipinski definition) is 2. The predicted molar refractivity (Wildman–Crippen MR) is 73.2 cm³/mol. The largest absolute Gasteiger partial charge is 0.399 e. The Morgan fingerprint density at radius 2 is 1.82 bits per heavy atom. The molecular formula is C14H12BrNO. The van der Waals surface area contributed by atoms with Gasteiger partial charge in [0.2, 0.25) is 0 Å². The second-order valence-corrected chi connectivity index (χ2v) is 4.74. The lowest BCUT2D eigenvalue weighted by Crippen LogP contribution is -2.05. The molecule has 0 saturated heterocycles. The Bertz CT molecular complexity index is 578. The van der Waals surface area contributed by atoms with Crippen molar-refractivity contribution in [3.8, 4) is 0 Å². The van der Waals surface area contributed by atoms with Crippen molar-refractivity contribution >= 4 is 27.4 Å². The van der Waals surface area contributed by atoms with Crippen molar-refractivity contribution in [3.05, 3.63) is 63.6 Å². The Balaban J connectivity index is 2.51. The summed E-state index contributed by atoms with van der Waals surface area (Å²) in [6, 6.07) is 12.8. The van der Waals surface area contributed by atoms with Crippen LogP contribution in [0.5, 0.6) is 0 Å². The molecule has 0 saturated carbocycles. The van der Waals surface area contributed by atoms with Crippen molar-refractivity contribution in [3.63, 3.8) is 0 Å². The summed E-state index contributed by atoms with van der Waals surface area (Å²) in [5.41, 5.74) is 8.56. The second kappa shape index (κ2) is 4.72. The first-order valence-electron chi connectivity index (χ1n) is 5.25. The number of ketones is 1. The van der Waals surface area contributed by atoms with Crippen LogP contribution in [0.25, 0.3) is 0 Å². The lowest BCUT2D eigenvalue weighted by Gasteiger charge is -2.07. The summed E-state index contributed by atoms with van der Waals surface area (Å²) >= 11 is 3.38. The first-order chi connectivity index (χ1) is 8.09. The number of nitrogens with two attached hydrogens (primary N) is 1. The van der Waals surface area contributed by atoms with Gasteiger partial charge in [-0.1, -0.05) is 40.2 Å². The molecule has 0 aliphatic carbocycles. The maximum absolute atomic E-state index is 12.4. The van der Waals surface area contributed by atoms with Crippen LogP contribution in [0.3, 0.4) is 0 Å². The molecule has 0 radical (unpaired) electrons. The highest BCUT2D eigenvalue weighted by atomic mass is 79.9. The summed E-state index contributed by atoms with van der Waals surface area (Å²) < 4.78 is 0.764. The van der Waals surface area contributed by atoms with E-state index in [0.29, 0.717) is 16.8 Å². The lowest BCUT2D eigenvalue weighted by atomic mass is 9.99. The molecule has 0 heterocycles. The Labute approximate surface area is 109 Å². The van der Waals surface area contributed by atoms with Gasteiger partial charge in [0, 0.05) is 21.3 Å². The zero-order valence-electron chi connectivity index (χ0n) is 9.41. The van der Waals surface area contributed by atoms with Gasteiger partial charge in [-0.2, -0.15) is 0 Å². The summed E-state index contributed by atoms with van der Waals surface area (Å²) in [6.45, 7) is 1.92. The van der Waals surface area contributed by atoms with E-state index < -0.39 is 0 Å². The van der Waals surface area contributed by atoms with E-state index in [1.165, 1.54) is 0 Å². The van der Waals surface area contributed by atoms with Crippen molar-refractivity contribution < 1.29 is 4.79 Å². The van der Waals surface area contributed by atoms with E-state index in [2.05, 4.69) is 15.9 Å². The fourth-order valence-electron chi connectivity index (χ4n) is 1.69. The van der Waals surface area contributed by atoms with Gasteiger partial charge in [0.25, 0.3) is 0 Å². The number of aryl methyl sites for hydroxylation is 1. The van der Waals surface area contributed by atoms with Crippen LogP contribution in [0, 0.1) is 6.92 Å². The van der Waals surface area contributed by atoms with Gasteiger partial charge in [-0.25, -0.2) is 0 Å². The molecule has 2 N–H and O–H groups in total. The molecule has 2 aromatic rings. The minimum atomic E-state index is -0.0118. The van der Waals surface area contributed by atoms with Crippen LogP contribution in [-0.2, 0) is 0 Å². The van der Waals surface area contributed by atoms with Crippen molar-refractivity contribution in [1.29, 1.82) is 0 Å². The smallest absolute Gasteiger partial charge is 0.194 e. The number of carbonyl (C=O) groups is 1. The van der Waals surface area contributed by atoms with E-state index in [4.69, 9.17) is 5.73 Å². The van der Waals surface area contributed by atoms with Crippen LogP contribution in [0.1, 0.15) is 21.5 Å². The molecule has 2 aromatic carbocycles. The highest BCUT2D eigenvalue weighted by Crippen LogP contribution is 2.23. The number of carbonyl (C=O) groups excluding carboxylic acids is 1. The normalized spacial score (nSPS) is 10.2. The molecular weight excluding hydrogens is 278 g/mol. The van der Waals surface area contributed by atoms with Crippen LogP contribution >= 0.6 is 15.9 Å². The zero-order chi connectivity index (χ0) is 12.4. The Hall–Kier alpha value is -1.61. The zero-order valence-corrected chi connectivity index (χ0v) is 11.0.